The van der Waals surface area contributed by atoms with Crippen molar-refractivity contribution < 1.29 is 22.7 Å². The zero-order valence-corrected chi connectivity index (χ0v) is 11.0. The van der Waals surface area contributed by atoms with Crippen LogP contribution in [-0.2, 0) is 0 Å². The summed E-state index contributed by atoms with van der Waals surface area (Å²) in [5.74, 6) is -1.71. The summed E-state index contributed by atoms with van der Waals surface area (Å²) in [5.41, 5.74) is -0.180. The van der Waals surface area contributed by atoms with Crippen molar-refractivity contribution in [3.63, 3.8) is 0 Å². The molecule has 1 aromatic heterocycles. The van der Waals surface area contributed by atoms with Crippen molar-refractivity contribution >= 4 is 27.5 Å². The lowest BCUT2D eigenvalue weighted by molar-refractivity contribution is -0.274. The Bertz CT molecular complexity index is 617. The van der Waals surface area contributed by atoms with E-state index < -0.39 is 18.0 Å². The Morgan fingerprint density at radius 2 is 2.15 bits per heavy atom. The standard InChI is InChI=1S/C9H5BrF3N5O2/c10-4-1-2-5(6(3-4)20-9(11,12)13)14-8(19)7-15-17-18-16-7/h1-3H,(H,14,19)(H,15,16,17,18). The van der Waals surface area contributed by atoms with Crippen molar-refractivity contribution in [2.24, 2.45) is 0 Å². The summed E-state index contributed by atoms with van der Waals surface area (Å²) in [4.78, 5) is 11.6. The van der Waals surface area contributed by atoms with Crippen LogP contribution < -0.4 is 10.1 Å². The second-order valence-corrected chi connectivity index (χ2v) is 4.29. The van der Waals surface area contributed by atoms with Crippen LogP contribution in [0, 0.1) is 0 Å². The number of tetrazole rings is 1. The summed E-state index contributed by atoms with van der Waals surface area (Å²) in [6.45, 7) is 0. The number of carbonyl (C=O) groups excluding carboxylic acids is 1. The number of alkyl halides is 3. The molecule has 2 aromatic rings. The predicted octanol–water partition coefficient (Wildman–Crippen LogP) is 2.11. The van der Waals surface area contributed by atoms with E-state index in [0.717, 1.165) is 6.07 Å². The van der Waals surface area contributed by atoms with Crippen LogP contribution in [0.1, 0.15) is 10.6 Å². The van der Waals surface area contributed by atoms with Gasteiger partial charge >= 0.3 is 6.36 Å². The van der Waals surface area contributed by atoms with E-state index >= 15 is 0 Å². The molecule has 20 heavy (non-hydrogen) atoms. The molecule has 0 radical (unpaired) electrons. The van der Waals surface area contributed by atoms with Crippen molar-refractivity contribution in [3.05, 3.63) is 28.5 Å². The van der Waals surface area contributed by atoms with Crippen molar-refractivity contribution in [2.75, 3.05) is 5.32 Å². The Kier molecular flexibility index (Phi) is 3.88. The highest BCUT2D eigenvalue weighted by atomic mass is 79.9. The molecule has 0 atom stereocenters. The lowest BCUT2D eigenvalue weighted by Crippen LogP contribution is -2.20. The maximum Gasteiger partial charge on any atom is 0.573 e. The van der Waals surface area contributed by atoms with Gasteiger partial charge in [-0.25, -0.2) is 0 Å². The van der Waals surface area contributed by atoms with E-state index in [1.807, 2.05) is 0 Å². The molecule has 0 fully saturated rings. The molecule has 0 saturated carbocycles. The van der Waals surface area contributed by atoms with Crippen LogP contribution in [0.15, 0.2) is 22.7 Å². The lowest BCUT2D eigenvalue weighted by Gasteiger charge is -2.13. The number of amides is 1. The van der Waals surface area contributed by atoms with E-state index in [0.29, 0.717) is 4.47 Å². The first kappa shape index (κ1) is 14.2. The average molecular weight is 352 g/mol. The van der Waals surface area contributed by atoms with E-state index in [4.69, 9.17) is 0 Å². The normalized spacial score (nSPS) is 11.2. The van der Waals surface area contributed by atoms with Crippen LogP contribution in [0.2, 0.25) is 0 Å². The number of H-pyrrole nitrogens is 1. The molecule has 0 saturated heterocycles. The van der Waals surface area contributed by atoms with Gasteiger partial charge in [0.1, 0.15) is 0 Å². The first-order chi connectivity index (χ1) is 9.35. The van der Waals surface area contributed by atoms with Gasteiger partial charge in [-0.1, -0.05) is 15.9 Å². The predicted molar refractivity (Wildman–Crippen MR) is 63.0 cm³/mol. The first-order valence-corrected chi connectivity index (χ1v) is 5.74. The minimum atomic E-state index is -4.88. The summed E-state index contributed by atoms with van der Waals surface area (Å²) < 4.78 is 41.0. The highest BCUT2D eigenvalue weighted by Gasteiger charge is 2.32. The second kappa shape index (κ2) is 5.45. The van der Waals surface area contributed by atoms with Gasteiger partial charge in [-0.3, -0.25) is 4.79 Å². The fraction of sp³-hybridized carbons (Fsp3) is 0.111. The molecule has 106 valence electrons. The van der Waals surface area contributed by atoms with Gasteiger partial charge in [0.2, 0.25) is 0 Å². The monoisotopic (exact) mass is 351 g/mol. The number of hydrogen-bond donors (Lipinski definition) is 2. The van der Waals surface area contributed by atoms with Crippen LogP contribution in [0.4, 0.5) is 18.9 Å². The molecule has 0 spiro atoms. The third kappa shape index (κ3) is 3.66. The number of carbonyl (C=O) groups is 1. The highest BCUT2D eigenvalue weighted by molar-refractivity contribution is 9.10. The zero-order valence-electron chi connectivity index (χ0n) is 9.40. The Balaban J connectivity index is 2.25. The van der Waals surface area contributed by atoms with Crippen LogP contribution in [0.5, 0.6) is 5.75 Å². The minimum absolute atomic E-state index is 0.180. The summed E-state index contributed by atoms with van der Waals surface area (Å²) >= 11 is 3.01. The van der Waals surface area contributed by atoms with Crippen LogP contribution >= 0.6 is 15.9 Å². The van der Waals surface area contributed by atoms with Gasteiger partial charge in [-0.2, -0.15) is 5.21 Å². The Hall–Kier alpha value is -2.17. The number of anilines is 1. The molecule has 0 bridgehead atoms. The van der Waals surface area contributed by atoms with E-state index in [-0.39, 0.29) is 11.5 Å². The molecule has 0 aliphatic heterocycles. The third-order valence-corrected chi connectivity index (χ3v) is 2.46. The summed E-state index contributed by atoms with van der Waals surface area (Å²) in [6.07, 6.45) is -4.88. The van der Waals surface area contributed by atoms with E-state index in [2.05, 4.69) is 46.6 Å². The highest BCUT2D eigenvalue weighted by Crippen LogP contribution is 2.33. The van der Waals surface area contributed by atoms with Gasteiger partial charge in [-0.15, -0.1) is 23.4 Å². The number of nitrogens with one attached hydrogen (secondary N) is 2. The lowest BCUT2D eigenvalue weighted by atomic mass is 10.3. The summed E-state index contributed by atoms with van der Waals surface area (Å²) in [6, 6.07) is 3.75. The number of rotatable bonds is 3. The van der Waals surface area contributed by atoms with Crippen LogP contribution in [0.25, 0.3) is 0 Å². The van der Waals surface area contributed by atoms with Gasteiger partial charge in [0.15, 0.2) is 5.75 Å². The molecular formula is C9H5BrF3N5O2. The van der Waals surface area contributed by atoms with E-state index in [1.165, 1.54) is 12.1 Å². The molecule has 1 amide bonds. The average Bonchev–Trinajstić information content (AvgIpc) is 2.84. The first-order valence-electron chi connectivity index (χ1n) is 4.95. The Morgan fingerprint density at radius 1 is 1.40 bits per heavy atom. The molecule has 2 rings (SSSR count). The van der Waals surface area contributed by atoms with Crippen molar-refractivity contribution in [1.82, 2.24) is 20.6 Å². The summed E-state index contributed by atoms with van der Waals surface area (Å²) in [5, 5.41) is 14.2. The molecule has 2 N–H and O–H groups in total. The van der Waals surface area contributed by atoms with Crippen molar-refractivity contribution in [3.8, 4) is 5.75 Å². The molecule has 0 aliphatic carbocycles. The Morgan fingerprint density at radius 3 is 2.75 bits per heavy atom. The molecule has 11 heteroatoms. The topological polar surface area (TPSA) is 92.8 Å². The molecule has 1 heterocycles. The Labute approximate surface area is 117 Å². The number of aromatic nitrogens is 4. The number of aromatic amines is 1. The third-order valence-electron chi connectivity index (χ3n) is 1.97. The van der Waals surface area contributed by atoms with E-state index in [1.54, 1.807) is 0 Å². The number of benzene rings is 1. The van der Waals surface area contributed by atoms with Gasteiger partial charge in [-0.05, 0) is 23.4 Å². The largest absolute Gasteiger partial charge is 0.573 e. The number of halogens is 4. The molecule has 0 unspecified atom stereocenters. The van der Waals surface area contributed by atoms with Crippen LogP contribution in [0.3, 0.4) is 0 Å². The molecule has 1 aromatic carbocycles. The SMILES string of the molecule is O=C(Nc1ccc(Br)cc1OC(F)(F)F)c1nn[nH]n1. The maximum atomic E-state index is 12.3. The van der Waals surface area contributed by atoms with Gasteiger partial charge < -0.3 is 10.1 Å². The summed E-state index contributed by atoms with van der Waals surface area (Å²) in [7, 11) is 0. The quantitative estimate of drug-likeness (QED) is 0.883. The van der Waals surface area contributed by atoms with Gasteiger partial charge in [0.05, 0.1) is 5.69 Å². The molecule has 0 aliphatic rings. The number of ether oxygens (including phenoxy) is 1. The van der Waals surface area contributed by atoms with Gasteiger partial charge in [0, 0.05) is 4.47 Å². The smallest absolute Gasteiger partial charge is 0.404 e. The fourth-order valence-corrected chi connectivity index (χ4v) is 1.58. The van der Waals surface area contributed by atoms with E-state index in [9.17, 15) is 18.0 Å². The zero-order chi connectivity index (χ0) is 14.8. The molecule has 7 nitrogen and oxygen atoms in total. The molecular weight excluding hydrogens is 347 g/mol. The maximum absolute atomic E-state index is 12.3. The van der Waals surface area contributed by atoms with Gasteiger partial charge in [0.25, 0.3) is 11.7 Å². The van der Waals surface area contributed by atoms with Crippen LogP contribution in [-0.4, -0.2) is 32.9 Å². The second-order valence-electron chi connectivity index (χ2n) is 3.38. The van der Waals surface area contributed by atoms with Crippen molar-refractivity contribution in [1.29, 1.82) is 0 Å². The van der Waals surface area contributed by atoms with Crippen molar-refractivity contribution in [2.45, 2.75) is 6.36 Å². The minimum Gasteiger partial charge on any atom is -0.404 e. The fourth-order valence-electron chi connectivity index (χ4n) is 1.24. The number of hydrogen-bond acceptors (Lipinski definition) is 5. The number of nitrogens with zero attached hydrogens (tertiary/aromatic N) is 3.